The Morgan fingerprint density at radius 1 is 1.14 bits per heavy atom. The normalized spacial score (nSPS) is 15.7. The SMILES string of the molecule is CC.Cc1ccc(-c2ccsc2)cc1/C(=C/Nc1ccc(CN2CCC[C@@H]2CO)cc1)C(=O)NC=O. The highest BCUT2D eigenvalue weighted by Crippen LogP contribution is 2.28. The molecule has 36 heavy (non-hydrogen) atoms. The number of benzene rings is 2. The molecule has 1 aliphatic rings. The van der Waals surface area contributed by atoms with Gasteiger partial charge in [0.2, 0.25) is 6.41 Å². The summed E-state index contributed by atoms with van der Waals surface area (Å²) in [6, 6.07) is 16.3. The van der Waals surface area contributed by atoms with Gasteiger partial charge in [0.05, 0.1) is 12.2 Å². The zero-order valence-corrected chi connectivity index (χ0v) is 22.0. The zero-order chi connectivity index (χ0) is 25.9. The molecule has 2 amide bonds. The molecule has 0 unspecified atom stereocenters. The maximum absolute atomic E-state index is 12.7. The summed E-state index contributed by atoms with van der Waals surface area (Å²) in [4.78, 5) is 26.1. The number of carbonyl (C=O) groups is 2. The third kappa shape index (κ3) is 6.91. The van der Waals surface area contributed by atoms with Crippen molar-refractivity contribution < 1.29 is 14.7 Å². The number of amides is 2. The maximum atomic E-state index is 12.7. The number of hydrogen-bond acceptors (Lipinski definition) is 6. The van der Waals surface area contributed by atoms with Gasteiger partial charge in [-0.3, -0.25) is 19.8 Å². The Labute approximate surface area is 217 Å². The molecule has 0 bridgehead atoms. The number of thiophene rings is 1. The van der Waals surface area contributed by atoms with E-state index in [1.54, 1.807) is 17.5 Å². The Hall–Kier alpha value is -3.26. The molecule has 7 heteroatoms. The largest absolute Gasteiger partial charge is 0.395 e. The number of imide groups is 1. The number of aryl methyl sites for hydroxylation is 1. The smallest absolute Gasteiger partial charge is 0.259 e. The lowest BCUT2D eigenvalue weighted by molar-refractivity contribution is -0.121. The monoisotopic (exact) mass is 505 g/mol. The maximum Gasteiger partial charge on any atom is 0.259 e. The van der Waals surface area contributed by atoms with Gasteiger partial charge in [0.1, 0.15) is 0 Å². The van der Waals surface area contributed by atoms with Gasteiger partial charge in [0.25, 0.3) is 5.91 Å². The molecule has 2 aromatic carbocycles. The number of likely N-dealkylation sites (tertiary alicyclic amines) is 1. The number of anilines is 1. The second kappa shape index (κ2) is 13.7. The average molecular weight is 506 g/mol. The van der Waals surface area contributed by atoms with E-state index in [4.69, 9.17) is 0 Å². The van der Waals surface area contributed by atoms with Crippen LogP contribution in [0.4, 0.5) is 5.69 Å². The summed E-state index contributed by atoms with van der Waals surface area (Å²) in [6.07, 6.45) is 4.21. The Morgan fingerprint density at radius 2 is 1.92 bits per heavy atom. The van der Waals surface area contributed by atoms with Crippen molar-refractivity contribution in [2.24, 2.45) is 0 Å². The summed E-state index contributed by atoms with van der Waals surface area (Å²) in [7, 11) is 0. The van der Waals surface area contributed by atoms with Crippen molar-refractivity contribution in [3.63, 3.8) is 0 Å². The quantitative estimate of drug-likeness (QED) is 0.267. The van der Waals surface area contributed by atoms with E-state index in [0.29, 0.717) is 12.0 Å². The van der Waals surface area contributed by atoms with E-state index in [1.807, 2.05) is 62.5 Å². The highest BCUT2D eigenvalue weighted by atomic mass is 32.1. The van der Waals surface area contributed by atoms with Crippen LogP contribution in [0.15, 0.2) is 65.5 Å². The highest BCUT2D eigenvalue weighted by molar-refractivity contribution is 7.08. The van der Waals surface area contributed by atoms with Gasteiger partial charge in [0, 0.05) is 24.5 Å². The minimum atomic E-state index is -0.464. The van der Waals surface area contributed by atoms with Crippen LogP contribution in [-0.2, 0) is 16.1 Å². The average Bonchev–Trinajstić information content (AvgIpc) is 3.60. The Kier molecular flexibility index (Phi) is 10.4. The van der Waals surface area contributed by atoms with Crippen LogP contribution in [0.3, 0.4) is 0 Å². The lowest BCUT2D eigenvalue weighted by Gasteiger charge is -2.22. The molecule has 3 N–H and O–H groups in total. The minimum Gasteiger partial charge on any atom is -0.395 e. The van der Waals surface area contributed by atoms with Crippen LogP contribution < -0.4 is 10.6 Å². The van der Waals surface area contributed by atoms with Gasteiger partial charge in [0.15, 0.2) is 0 Å². The molecule has 0 aliphatic carbocycles. The third-order valence-electron chi connectivity index (χ3n) is 6.25. The Balaban J connectivity index is 0.00000176. The molecule has 1 aromatic heterocycles. The van der Waals surface area contributed by atoms with E-state index >= 15 is 0 Å². The van der Waals surface area contributed by atoms with E-state index in [2.05, 4.69) is 33.0 Å². The Morgan fingerprint density at radius 3 is 2.58 bits per heavy atom. The number of rotatable bonds is 9. The summed E-state index contributed by atoms with van der Waals surface area (Å²) in [5.74, 6) is -0.464. The van der Waals surface area contributed by atoms with Gasteiger partial charge < -0.3 is 10.4 Å². The lowest BCUT2D eigenvalue weighted by atomic mass is 9.96. The van der Waals surface area contributed by atoms with Crippen LogP contribution in [0.2, 0.25) is 0 Å². The van der Waals surface area contributed by atoms with Crippen molar-refractivity contribution in [3.05, 3.63) is 82.2 Å². The predicted octanol–water partition coefficient (Wildman–Crippen LogP) is 5.43. The van der Waals surface area contributed by atoms with Gasteiger partial charge in [-0.25, -0.2) is 0 Å². The summed E-state index contributed by atoms with van der Waals surface area (Å²) < 4.78 is 0. The molecule has 4 rings (SSSR count). The fraction of sp³-hybridized carbons (Fsp3) is 0.310. The molecule has 0 spiro atoms. The van der Waals surface area contributed by atoms with Crippen LogP contribution in [0.25, 0.3) is 16.7 Å². The van der Waals surface area contributed by atoms with Gasteiger partial charge in [-0.1, -0.05) is 38.1 Å². The fourth-order valence-electron chi connectivity index (χ4n) is 4.32. The molecule has 0 radical (unpaired) electrons. The molecule has 190 valence electrons. The summed E-state index contributed by atoms with van der Waals surface area (Å²) in [5.41, 5.74) is 6.20. The van der Waals surface area contributed by atoms with Crippen molar-refractivity contribution in [3.8, 4) is 11.1 Å². The van der Waals surface area contributed by atoms with Crippen molar-refractivity contribution in [2.45, 2.75) is 46.2 Å². The standard InChI is InChI=1S/C27H29N3O3S.C2H6/c1-19-4-7-21(22-10-12-34-17-22)13-25(19)26(27(33)29-18-32)14-28-23-8-5-20(6-9-23)15-30-11-2-3-24(30)16-31;1-2/h4-10,12-14,17-18,24,28,31H,2-3,11,15-16H2,1H3,(H,29,32,33);1-2H3/b26-14-;/t24-;/m1./s1. The van der Waals surface area contributed by atoms with Gasteiger partial charge in [-0.05, 0) is 89.2 Å². The Bertz CT molecular complexity index is 1160. The molecule has 1 saturated heterocycles. The number of aliphatic hydroxyl groups is 1. The molecule has 3 aromatic rings. The van der Waals surface area contributed by atoms with Crippen LogP contribution in [0.5, 0.6) is 0 Å². The van der Waals surface area contributed by atoms with Crippen LogP contribution in [0, 0.1) is 6.92 Å². The molecule has 6 nitrogen and oxygen atoms in total. The molecule has 1 fully saturated rings. The first-order valence-corrected chi connectivity index (χ1v) is 13.3. The number of carbonyl (C=O) groups excluding carboxylic acids is 2. The topological polar surface area (TPSA) is 81.7 Å². The fourth-order valence-corrected chi connectivity index (χ4v) is 4.99. The molecular weight excluding hydrogens is 470 g/mol. The number of nitrogens with one attached hydrogen (secondary N) is 2. The van der Waals surface area contributed by atoms with Gasteiger partial charge >= 0.3 is 0 Å². The summed E-state index contributed by atoms with van der Waals surface area (Å²) >= 11 is 1.62. The van der Waals surface area contributed by atoms with Crippen molar-refractivity contribution >= 4 is 34.9 Å². The third-order valence-corrected chi connectivity index (χ3v) is 6.93. The number of hydrogen-bond donors (Lipinski definition) is 3. The molecule has 1 atom stereocenters. The first-order valence-electron chi connectivity index (χ1n) is 12.4. The number of aliphatic hydroxyl groups excluding tert-OH is 1. The molecule has 1 aliphatic heterocycles. The number of nitrogens with zero attached hydrogens (tertiary/aromatic N) is 1. The van der Waals surface area contributed by atoms with Crippen LogP contribution >= 0.6 is 11.3 Å². The zero-order valence-electron chi connectivity index (χ0n) is 21.2. The first kappa shape index (κ1) is 27.3. The van der Waals surface area contributed by atoms with Crippen LogP contribution in [-0.4, -0.2) is 41.5 Å². The summed E-state index contributed by atoms with van der Waals surface area (Å²) in [6.45, 7) is 7.96. The lowest BCUT2D eigenvalue weighted by Crippen LogP contribution is -2.31. The second-order valence-electron chi connectivity index (χ2n) is 8.48. The van der Waals surface area contributed by atoms with Gasteiger partial charge in [-0.2, -0.15) is 11.3 Å². The van der Waals surface area contributed by atoms with E-state index in [1.165, 1.54) is 5.56 Å². The van der Waals surface area contributed by atoms with E-state index in [9.17, 15) is 14.7 Å². The van der Waals surface area contributed by atoms with Gasteiger partial charge in [-0.15, -0.1) is 0 Å². The van der Waals surface area contributed by atoms with Crippen molar-refractivity contribution in [1.82, 2.24) is 10.2 Å². The summed E-state index contributed by atoms with van der Waals surface area (Å²) in [5, 5.41) is 19.1. The second-order valence-corrected chi connectivity index (χ2v) is 9.26. The van der Waals surface area contributed by atoms with Crippen molar-refractivity contribution in [1.29, 1.82) is 0 Å². The predicted molar refractivity (Wildman–Crippen MR) is 149 cm³/mol. The van der Waals surface area contributed by atoms with Crippen LogP contribution in [0.1, 0.15) is 43.4 Å². The van der Waals surface area contributed by atoms with E-state index in [0.717, 1.165) is 53.9 Å². The molecule has 2 heterocycles. The minimum absolute atomic E-state index is 0.198. The molecule has 0 saturated carbocycles. The molecular formula is C29H35N3O3S. The highest BCUT2D eigenvalue weighted by Gasteiger charge is 2.23. The van der Waals surface area contributed by atoms with E-state index in [-0.39, 0.29) is 12.6 Å². The van der Waals surface area contributed by atoms with E-state index < -0.39 is 5.91 Å². The first-order chi connectivity index (χ1) is 17.6. The van der Waals surface area contributed by atoms with Crippen molar-refractivity contribution in [2.75, 3.05) is 18.5 Å².